The molecule has 0 saturated heterocycles. The molecule has 2 aliphatic rings. The van der Waals surface area contributed by atoms with E-state index in [1.54, 1.807) is 7.11 Å². The number of ether oxygens (including phenoxy) is 1. The summed E-state index contributed by atoms with van der Waals surface area (Å²) in [5, 5.41) is 11.8. The predicted molar refractivity (Wildman–Crippen MR) is 128 cm³/mol. The average molecular weight is 439 g/mol. The van der Waals surface area contributed by atoms with Crippen molar-refractivity contribution in [2.24, 2.45) is 4.99 Å². The third kappa shape index (κ3) is 5.14. The van der Waals surface area contributed by atoms with E-state index in [-0.39, 0.29) is 11.5 Å². The monoisotopic (exact) mass is 438 g/mol. The fraction of sp³-hybridized carbons (Fsp3) is 0.640. The van der Waals surface area contributed by atoms with Gasteiger partial charge in [0.1, 0.15) is 12.4 Å². The van der Waals surface area contributed by atoms with E-state index in [0.29, 0.717) is 6.61 Å². The summed E-state index contributed by atoms with van der Waals surface area (Å²) in [6.45, 7) is 7.31. The van der Waals surface area contributed by atoms with Crippen molar-refractivity contribution in [3.8, 4) is 0 Å². The summed E-state index contributed by atoms with van der Waals surface area (Å²) in [4.78, 5) is 9.73. The zero-order valence-electron chi connectivity index (χ0n) is 19.9. The fourth-order valence-corrected chi connectivity index (χ4v) is 5.32. The smallest absolute Gasteiger partial charge is 0.191 e. The van der Waals surface area contributed by atoms with Crippen molar-refractivity contribution in [1.29, 1.82) is 0 Å². The van der Waals surface area contributed by atoms with Gasteiger partial charge in [0, 0.05) is 31.5 Å². The van der Waals surface area contributed by atoms with Gasteiger partial charge in [-0.2, -0.15) is 5.10 Å². The Morgan fingerprint density at radius 2 is 2.06 bits per heavy atom. The van der Waals surface area contributed by atoms with Gasteiger partial charge in [0.05, 0.1) is 13.1 Å². The number of aryl methyl sites for hydroxylation is 2. The molecule has 1 saturated carbocycles. The molecule has 2 aromatic rings. The molecule has 7 heteroatoms. The van der Waals surface area contributed by atoms with Crippen LogP contribution in [0.15, 0.2) is 29.3 Å². The van der Waals surface area contributed by atoms with Gasteiger partial charge in [0.25, 0.3) is 0 Å². The van der Waals surface area contributed by atoms with E-state index < -0.39 is 0 Å². The molecule has 1 unspecified atom stereocenters. The van der Waals surface area contributed by atoms with Gasteiger partial charge in [-0.15, -0.1) is 0 Å². The number of hydrogen-bond acceptors (Lipinski definition) is 4. The second-order valence-electron chi connectivity index (χ2n) is 9.29. The second-order valence-corrected chi connectivity index (χ2v) is 9.29. The molecular weight excluding hydrogens is 400 g/mol. The van der Waals surface area contributed by atoms with Crippen LogP contribution in [0.25, 0.3) is 0 Å². The number of fused-ring (bicyclic) bond motifs is 1. The molecule has 1 aliphatic heterocycles. The first-order chi connectivity index (χ1) is 15.6. The van der Waals surface area contributed by atoms with Gasteiger partial charge in [0.2, 0.25) is 0 Å². The Labute approximate surface area is 192 Å². The van der Waals surface area contributed by atoms with E-state index in [1.807, 2.05) is 4.68 Å². The SMILES string of the molecule is CCNC(=NCC1(c2ccccc2C)CCCCC1)NC1CCc2nc(COC)nn2C1. The van der Waals surface area contributed by atoms with Crippen LogP contribution in [0.1, 0.15) is 68.2 Å². The maximum absolute atomic E-state index is 5.19. The van der Waals surface area contributed by atoms with Crippen molar-refractivity contribution in [3.05, 3.63) is 47.0 Å². The molecule has 1 aliphatic carbocycles. The quantitative estimate of drug-likeness (QED) is 0.511. The molecule has 1 aromatic carbocycles. The van der Waals surface area contributed by atoms with E-state index in [4.69, 9.17) is 9.73 Å². The lowest BCUT2D eigenvalue weighted by atomic mass is 9.68. The first kappa shape index (κ1) is 22.8. The van der Waals surface area contributed by atoms with Crippen LogP contribution in [0.2, 0.25) is 0 Å². The summed E-state index contributed by atoms with van der Waals surface area (Å²) < 4.78 is 7.21. The maximum atomic E-state index is 5.19. The molecule has 2 N–H and O–H groups in total. The molecule has 7 nitrogen and oxygen atoms in total. The lowest BCUT2D eigenvalue weighted by molar-refractivity contribution is 0.177. The van der Waals surface area contributed by atoms with Gasteiger partial charge in [0.15, 0.2) is 11.8 Å². The van der Waals surface area contributed by atoms with E-state index >= 15 is 0 Å². The summed E-state index contributed by atoms with van der Waals surface area (Å²) in [5.41, 5.74) is 3.02. The molecular formula is C25H38N6O. The van der Waals surface area contributed by atoms with Crippen molar-refractivity contribution in [2.45, 2.75) is 83.4 Å². The third-order valence-electron chi connectivity index (χ3n) is 6.93. The van der Waals surface area contributed by atoms with Crippen molar-refractivity contribution >= 4 is 5.96 Å². The van der Waals surface area contributed by atoms with Gasteiger partial charge in [-0.1, -0.05) is 43.5 Å². The topological polar surface area (TPSA) is 76.4 Å². The normalized spacial score (nSPS) is 20.6. The van der Waals surface area contributed by atoms with Crippen molar-refractivity contribution in [1.82, 2.24) is 25.4 Å². The predicted octanol–water partition coefficient (Wildman–Crippen LogP) is 3.50. The van der Waals surface area contributed by atoms with E-state index in [1.165, 1.54) is 43.2 Å². The Morgan fingerprint density at radius 1 is 1.25 bits per heavy atom. The number of nitrogens with zero attached hydrogens (tertiary/aromatic N) is 4. The molecule has 1 atom stereocenters. The highest BCUT2D eigenvalue weighted by Crippen LogP contribution is 2.41. The van der Waals surface area contributed by atoms with Crippen LogP contribution >= 0.6 is 0 Å². The van der Waals surface area contributed by atoms with E-state index in [9.17, 15) is 0 Å². The summed E-state index contributed by atoms with van der Waals surface area (Å²) >= 11 is 0. The molecule has 1 aromatic heterocycles. The molecule has 32 heavy (non-hydrogen) atoms. The Balaban J connectivity index is 1.49. The number of hydrogen-bond donors (Lipinski definition) is 2. The van der Waals surface area contributed by atoms with Gasteiger partial charge in [-0.05, 0) is 44.2 Å². The molecule has 0 spiro atoms. The van der Waals surface area contributed by atoms with Gasteiger partial charge in [-0.25, -0.2) is 9.67 Å². The van der Waals surface area contributed by atoms with Crippen molar-refractivity contribution in [3.63, 3.8) is 0 Å². The lowest BCUT2D eigenvalue weighted by Crippen LogP contribution is -2.47. The highest BCUT2D eigenvalue weighted by Gasteiger charge is 2.35. The zero-order valence-corrected chi connectivity index (χ0v) is 19.9. The Hall–Kier alpha value is -2.41. The highest BCUT2D eigenvalue weighted by molar-refractivity contribution is 5.80. The number of aliphatic imine (C=N–C) groups is 1. The standard InChI is InChI=1S/C25H38N6O/c1-4-26-24(28-20-12-13-23-29-22(17-32-3)30-31(23)16-20)27-18-25(14-8-5-9-15-25)21-11-7-6-10-19(21)2/h6-7,10-11,20H,4-5,8-9,12-18H2,1-3H3,(H2,26,27,28). The average Bonchev–Trinajstić information content (AvgIpc) is 3.20. The fourth-order valence-electron chi connectivity index (χ4n) is 5.32. The van der Waals surface area contributed by atoms with Gasteiger partial charge < -0.3 is 15.4 Å². The number of benzene rings is 1. The molecule has 0 bridgehead atoms. The van der Waals surface area contributed by atoms with Gasteiger partial charge in [-0.3, -0.25) is 4.99 Å². The molecule has 4 rings (SSSR count). The number of rotatable bonds is 7. The Bertz CT molecular complexity index is 915. The molecule has 2 heterocycles. The summed E-state index contributed by atoms with van der Waals surface area (Å²) in [6, 6.07) is 9.18. The Morgan fingerprint density at radius 3 is 2.81 bits per heavy atom. The third-order valence-corrected chi connectivity index (χ3v) is 6.93. The second kappa shape index (κ2) is 10.5. The van der Waals surface area contributed by atoms with Crippen LogP contribution in [-0.4, -0.2) is 47.0 Å². The molecule has 0 amide bonds. The number of guanidine groups is 1. The minimum absolute atomic E-state index is 0.145. The first-order valence-electron chi connectivity index (χ1n) is 12.2. The molecule has 1 fully saturated rings. The van der Waals surface area contributed by atoms with Crippen LogP contribution < -0.4 is 10.6 Å². The summed E-state index contributed by atoms with van der Waals surface area (Å²) in [5.74, 6) is 2.73. The van der Waals surface area contributed by atoms with Crippen LogP contribution in [-0.2, 0) is 29.7 Å². The number of methoxy groups -OCH3 is 1. The largest absolute Gasteiger partial charge is 0.377 e. The molecule has 174 valence electrons. The summed E-state index contributed by atoms with van der Waals surface area (Å²) in [7, 11) is 1.68. The van der Waals surface area contributed by atoms with E-state index in [0.717, 1.165) is 50.1 Å². The molecule has 0 radical (unpaired) electrons. The minimum Gasteiger partial charge on any atom is -0.377 e. The van der Waals surface area contributed by atoms with Crippen molar-refractivity contribution in [2.75, 3.05) is 20.2 Å². The van der Waals surface area contributed by atoms with Crippen LogP contribution in [0.5, 0.6) is 0 Å². The Kier molecular flexibility index (Phi) is 7.45. The lowest BCUT2D eigenvalue weighted by Gasteiger charge is -2.38. The van der Waals surface area contributed by atoms with Crippen LogP contribution in [0.3, 0.4) is 0 Å². The maximum Gasteiger partial charge on any atom is 0.191 e. The first-order valence-corrected chi connectivity index (χ1v) is 12.2. The van der Waals surface area contributed by atoms with Crippen LogP contribution in [0, 0.1) is 6.92 Å². The minimum atomic E-state index is 0.145. The highest BCUT2D eigenvalue weighted by atomic mass is 16.5. The number of nitrogens with one attached hydrogen (secondary N) is 2. The van der Waals surface area contributed by atoms with Gasteiger partial charge >= 0.3 is 0 Å². The van der Waals surface area contributed by atoms with Crippen molar-refractivity contribution < 1.29 is 4.74 Å². The summed E-state index contributed by atoms with van der Waals surface area (Å²) in [6.07, 6.45) is 8.29. The zero-order chi connectivity index (χ0) is 22.4. The van der Waals surface area contributed by atoms with E-state index in [2.05, 4.69) is 58.8 Å². The number of aromatic nitrogens is 3. The van der Waals surface area contributed by atoms with Crippen LogP contribution in [0.4, 0.5) is 0 Å².